The number of rotatable bonds is 11. The van der Waals surface area contributed by atoms with Crippen molar-refractivity contribution in [1.82, 2.24) is 5.43 Å². The van der Waals surface area contributed by atoms with Crippen LogP contribution in [0.1, 0.15) is 22.3 Å². The second-order valence-corrected chi connectivity index (χ2v) is 11.3. The molecule has 3 aromatic carbocycles. The Labute approximate surface area is 232 Å². The van der Waals surface area contributed by atoms with Gasteiger partial charge in [0.1, 0.15) is 13.2 Å². The third kappa shape index (κ3) is 7.02. The number of hydrogen-bond acceptors (Lipinski definition) is 6. The summed E-state index contributed by atoms with van der Waals surface area (Å²) in [5, 5.41) is 4.02. The summed E-state index contributed by atoms with van der Waals surface area (Å²) in [7, 11) is -2.51. The van der Waals surface area contributed by atoms with Gasteiger partial charge in [0.2, 0.25) is 0 Å². The number of amides is 1. The van der Waals surface area contributed by atoms with E-state index in [0.717, 1.165) is 21.0 Å². The standard InChI is InChI=1S/C28H30BrN3O5S/c1-6-13-37-28-24(29)15-22(16-26(28)36-5)17-30-31-27(33)18-32(25-12-9-20(3)14-21(25)4)38(34,35)23-10-7-19(2)8-11-23/h6-12,14-17H,1,13,18H2,2-5H3,(H,31,33)/b30-17+. The van der Waals surface area contributed by atoms with Crippen molar-refractivity contribution < 1.29 is 22.7 Å². The molecule has 0 fully saturated rings. The Morgan fingerprint density at radius 1 is 1.08 bits per heavy atom. The zero-order valence-corrected chi connectivity index (χ0v) is 24.1. The molecule has 0 aliphatic carbocycles. The van der Waals surface area contributed by atoms with Crippen LogP contribution in [0.4, 0.5) is 5.69 Å². The predicted molar refractivity (Wildman–Crippen MR) is 154 cm³/mol. The molecule has 0 unspecified atom stereocenters. The van der Waals surface area contributed by atoms with Crippen LogP contribution < -0.4 is 19.2 Å². The van der Waals surface area contributed by atoms with Crippen LogP contribution >= 0.6 is 15.9 Å². The van der Waals surface area contributed by atoms with E-state index in [0.29, 0.717) is 33.8 Å². The van der Waals surface area contributed by atoms with Crippen molar-refractivity contribution in [3.05, 3.63) is 94.0 Å². The number of ether oxygens (including phenoxy) is 2. The molecule has 0 aliphatic heterocycles. The van der Waals surface area contributed by atoms with Gasteiger partial charge in [-0.05, 0) is 78.2 Å². The minimum absolute atomic E-state index is 0.0927. The van der Waals surface area contributed by atoms with Crippen LogP contribution in [-0.4, -0.2) is 40.8 Å². The summed E-state index contributed by atoms with van der Waals surface area (Å²) < 4.78 is 39.9. The van der Waals surface area contributed by atoms with E-state index in [1.807, 2.05) is 32.9 Å². The average Bonchev–Trinajstić information content (AvgIpc) is 2.87. The number of aryl methyl sites for hydroxylation is 3. The van der Waals surface area contributed by atoms with Gasteiger partial charge < -0.3 is 9.47 Å². The molecular weight excluding hydrogens is 570 g/mol. The minimum atomic E-state index is -4.03. The molecule has 0 radical (unpaired) electrons. The zero-order chi connectivity index (χ0) is 27.9. The van der Waals surface area contributed by atoms with Crippen LogP contribution in [0.25, 0.3) is 0 Å². The summed E-state index contributed by atoms with van der Waals surface area (Å²) >= 11 is 3.45. The first kappa shape index (κ1) is 28.9. The molecule has 3 aromatic rings. The SMILES string of the molecule is C=CCOc1c(Br)cc(/C=N/NC(=O)CN(c2ccc(C)cc2C)S(=O)(=O)c2ccc(C)cc2)cc1OC. The Morgan fingerprint density at radius 2 is 1.76 bits per heavy atom. The number of nitrogens with zero attached hydrogens (tertiary/aromatic N) is 2. The molecule has 38 heavy (non-hydrogen) atoms. The van der Waals surface area contributed by atoms with Crippen LogP contribution in [0.15, 0.2) is 81.7 Å². The Bertz CT molecular complexity index is 1450. The first-order valence-electron chi connectivity index (χ1n) is 11.7. The molecular formula is C28H30BrN3O5S. The van der Waals surface area contributed by atoms with Crippen molar-refractivity contribution in [2.45, 2.75) is 25.7 Å². The van der Waals surface area contributed by atoms with Gasteiger partial charge in [0.05, 0.1) is 28.4 Å². The van der Waals surface area contributed by atoms with Gasteiger partial charge in [-0.15, -0.1) is 0 Å². The average molecular weight is 601 g/mol. The lowest BCUT2D eigenvalue weighted by atomic mass is 10.1. The van der Waals surface area contributed by atoms with Crippen LogP contribution in [0.5, 0.6) is 11.5 Å². The van der Waals surface area contributed by atoms with Gasteiger partial charge in [-0.25, -0.2) is 13.8 Å². The first-order valence-corrected chi connectivity index (χ1v) is 13.9. The number of carbonyl (C=O) groups excluding carboxylic acids is 1. The molecule has 0 saturated heterocycles. The normalized spacial score (nSPS) is 11.3. The van der Waals surface area contributed by atoms with Gasteiger partial charge in [-0.2, -0.15) is 5.10 Å². The fourth-order valence-electron chi connectivity index (χ4n) is 3.66. The van der Waals surface area contributed by atoms with E-state index in [1.54, 1.807) is 36.4 Å². The molecule has 0 saturated carbocycles. The number of nitrogens with one attached hydrogen (secondary N) is 1. The second-order valence-electron chi connectivity index (χ2n) is 8.54. The van der Waals surface area contributed by atoms with Crippen molar-refractivity contribution >= 4 is 43.8 Å². The lowest BCUT2D eigenvalue weighted by Gasteiger charge is -2.25. The molecule has 0 heterocycles. The number of anilines is 1. The number of sulfonamides is 1. The van der Waals surface area contributed by atoms with Crippen LogP contribution in [0.3, 0.4) is 0 Å². The van der Waals surface area contributed by atoms with Gasteiger partial charge in [0.15, 0.2) is 11.5 Å². The molecule has 1 N–H and O–H groups in total. The molecule has 3 rings (SSSR count). The van der Waals surface area contributed by atoms with Gasteiger partial charge in [0, 0.05) is 0 Å². The van der Waals surface area contributed by atoms with Crippen molar-refractivity contribution in [2.24, 2.45) is 5.10 Å². The third-order valence-corrected chi connectivity index (χ3v) is 7.88. The summed E-state index contributed by atoms with van der Waals surface area (Å²) in [4.78, 5) is 13.0. The van der Waals surface area contributed by atoms with E-state index in [1.165, 1.54) is 25.5 Å². The van der Waals surface area contributed by atoms with Gasteiger partial charge in [-0.1, -0.05) is 48.0 Å². The predicted octanol–water partition coefficient (Wildman–Crippen LogP) is 5.29. The van der Waals surface area contributed by atoms with E-state index in [9.17, 15) is 13.2 Å². The summed E-state index contributed by atoms with van der Waals surface area (Å²) in [5.74, 6) is 0.382. The molecule has 8 nitrogen and oxygen atoms in total. The summed E-state index contributed by atoms with van der Waals surface area (Å²) in [6.07, 6.45) is 3.05. The number of hydrazone groups is 1. The second kappa shape index (κ2) is 12.7. The number of benzene rings is 3. The Kier molecular flexibility index (Phi) is 9.71. The monoisotopic (exact) mass is 599 g/mol. The fourth-order valence-corrected chi connectivity index (χ4v) is 5.72. The van der Waals surface area contributed by atoms with Crippen molar-refractivity contribution in [3.63, 3.8) is 0 Å². The fraction of sp³-hybridized carbons (Fsp3) is 0.214. The van der Waals surface area contributed by atoms with Gasteiger partial charge in [-0.3, -0.25) is 9.10 Å². The highest BCUT2D eigenvalue weighted by atomic mass is 79.9. The minimum Gasteiger partial charge on any atom is -0.493 e. The number of hydrogen-bond donors (Lipinski definition) is 1. The van der Waals surface area contributed by atoms with Gasteiger partial charge >= 0.3 is 0 Å². The van der Waals surface area contributed by atoms with Crippen LogP contribution in [0.2, 0.25) is 0 Å². The molecule has 0 spiro atoms. The van der Waals surface area contributed by atoms with Crippen molar-refractivity contribution in [1.29, 1.82) is 0 Å². The summed E-state index contributed by atoms with van der Waals surface area (Å²) in [6, 6.07) is 15.3. The number of halogens is 1. The molecule has 0 bridgehead atoms. The summed E-state index contributed by atoms with van der Waals surface area (Å²) in [6.45, 7) is 9.09. The summed E-state index contributed by atoms with van der Waals surface area (Å²) in [5.41, 5.74) is 6.10. The maximum atomic E-state index is 13.6. The van der Waals surface area contributed by atoms with Crippen molar-refractivity contribution in [3.8, 4) is 11.5 Å². The highest BCUT2D eigenvalue weighted by molar-refractivity contribution is 9.10. The largest absolute Gasteiger partial charge is 0.493 e. The topological polar surface area (TPSA) is 97.3 Å². The lowest BCUT2D eigenvalue weighted by Crippen LogP contribution is -2.40. The quantitative estimate of drug-likeness (QED) is 0.183. The van der Waals surface area contributed by atoms with Crippen LogP contribution in [0, 0.1) is 20.8 Å². The molecule has 0 aliphatic rings. The molecule has 10 heteroatoms. The third-order valence-electron chi connectivity index (χ3n) is 5.52. The number of carbonyl (C=O) groups is 1. The van der Waals surface area contributed by atoms with E-state index >= 15 is 0 Å². The van der Waals surface area contributed by atoms with Gasteiger partial charge in [0.25, 0.3) is 15.9 Å². The molecule has 0 aromatic heterocycles. The maximum absolute atomic E-state index is 13.6. The Hall–Kier alpha value is -3.63. The molecule has 200 valence electrons. The van der Waals surface area contributed by atoms with Crippen LogP contribution in [-0.2, 0) is 14.8 Å². The zero-order valence-electron chi connectivity index (χ0n) is 21.7. The smallest absolute Gasteiger partial charge is 0.264 e. The van der Waals surface area contributed by atoms with E-state index in [-0.39, 0.29) is 4.90 Å². The number of methoxy groups -OCH3 is 1. The van der Waals surface area contributed by atoms with E-state index in [2.05, 4.69) is 33.0 Å². The van der Waals surface area contributed by atoms with E-state index < -0.39 is 22.5 Å². The van der Waals surface area contributed by atoms with E-state index in [4.69, 9.17) is 9.47 Å². The molecule has 1 amide bonds. The first-order chi connectivity index (χ1) is 18.1. The molecule has 0 atom stereocenters. The maximum Gasteiger partial charge on any atom is 0.264 e. The van der Waals surface area contributed by atoms with Crippen molar-refractivity contribution in [2.75, 3.05) is 24.6 Å². The lowest BCUT2D eigenvalue weighted by molar-refractivity contribution is -0.119. The highest BCUT2D eigenvalue weighted by Gasteiger charge is 2.28. The Balaban J connectivity index is 1.85. The Morgan fingerprint density at radius 3 is 2.39 bits per heavy atom. The highest BCUT2D eigenvalue weighted by Crippen LogP contribution is 2.36.